The number of para-hydroxylation sites is 2. The smallest absolute Gasteiger partial charge is 0.252 e. The molecule has 4 nitrogen and oxygen atoms in total. The number of nitrogens with zero attached hydrogens (tertiary/aromatic N) is 4. The summed E-state index contributed by atoms with van der Waals surface area (Å²) in [4.78, 5) is 7.98. The molecule has 3 aliphatic rings. The average Bonchev–Trinajstić information content (AvgIpc) is 1.23. The molecule has 1 aliphatic carbocycles. The zero-order chi connectivity index (χ0) is 62.0. The Kier molecular flexibility index (Phi) is 13.3. The summed E-state index contributed by atoms with van der Waals surface area (Å²) in [5.74, 6) is 0. The average molecular weight is 1140 g/mol. The van der Waals surface area contributed by atoms with E-state index in [1.165, 1.54) is 134 Å². The monoisotopic (exact) mass is 1140 g/mol. The summed E-state index contributed by atoms with van der Waals surface area (Å²) in [6, 6.07) is 64.5. The Labute approximate surface area is 521 Å². The van der Waals surface area contributed by atoms with Crippen molar-refractivity contribution in [2.24, 2.45) is 0 Å². The van der Waals surface area contributed by atoms with Gasteiger partial charge in [0, 0.05) is 56.3 Å². The minimum Gasteiger partial charge on any atom is -0.311 e. The zero-order valence-electron chi connectivity index (χ0n) is 55.9. The van der Waals surface area contributed by atoms with Gasteiger partial charge in [0.25, 0.3) is 6.71 Å². The molecule has 2 aliphatic heterocycles. The number of benzene rings is 9. The van der Waals surface area contributed by atoms with Crippen molar-refractivity contribution in [3.8, 4) is 5.69 Å². The molecule has 0 amide bonds. The van der Waals surface area contributed by atoms with Crippen molar-refractivity contribution in [3.05, 3.63) is 219 Å². The van der Waals surface area contributed by atoms with E-state index in [1.54, 1.807) is 0 Å². The normalized spacial score (nSPS) is 15.4. The standard InChI is InChI=1S/C82H91BN4/c1-50-40-55(78(8,9)10)41-51(2)75(50)86-70-44-54(77(5,6)7)30-36-66(70)83-67-37-33-61(49-71(67)87(73-46-57(80(14,15)16)45-72(86)74(73)83)76-52(3)42-56(43-53(76)4)79(11,12)13)84(59-32-35-64-65(47-59)82(19,20)39-38-81(64,17)18)60-31-34-63-62-28-24-25-29-68(62)85(69(63)48-60)58-26-22-21-23-27-58/h21-37,40-49H,38-39H2,1-20H3. The third-order valence-corrected chi connectivity index (χ3v) is 20.2. The molecule has 3 heterocycles. The molecule has 1 aromatic heterocycles. The molecule has 0 atom stereocenters. The quantitative estimate of drug-likeness (QED) is 0.154. The van der Waals surface area contributed by atoms with E-state index in [0.717, 1.165) is 29.9 Å². The van der Waals surface area contributed by atoms with E-state index < -0.39 is 0 Å². The van der Waals surface area contributed by atoms with Crippen molar-refractivity contribution in [2.75, 3.05) is 14.7 Å². The van der Waals surface area contributed by atoms with Gasteiger partial charge in [-0.2, -0.15) is 0 Å². The summed E-state index contributed by atoms with van der Waals surface area (Å²) < 4.78 is 2.46. The fourth-order valence-corrected chi connectivity index (χ4v) is 15.1. The second-order valence-corrected chi connectivity index (χ2v) is 31.7. The lowest BCUT2D eigenvalue weighted by Crippen LogP contribution is -2.61. The van der Waals surface area contributed by atoms with Crippen molar-refractivity contribution in [1.29, 1.82) is 0 Å². The molecule has 0 radical (unpaired) electrons. The van der Waals surface area contributed by atoms with Gasteiger partial charge in [-0.1, -0.05) is 202 Å². The molecule has 13 rings (SSSR count). The highest BCUT2D eigenvalue weighted by atomic mass is 15.2. The molecule has 9 aromatic carbocycles. The first-order valence-corrected chi connectivity index (χ1v) is 32.2. The molecular formula is C82H91BN4. The highest BCUT2D eigenvalue weighted by Gasteiger charge is 2.46. The summed E-state index contributed by atoms with van der Waals surface area (Å²) >= 11 is 0. The third kappa shape index (κ3) is 9.55. The molecule has 10 aromatic rings. The Morgan fingerprint density at radius 1 is 0.379 bits per heavy atom. The van der Waals surface area contributed by atoms with Crippen molar-refractivity contribution in [1.82, 2.24) is 4.57 Å². The summed E-state index contributed by atoms with van der Waals surface area (Å²) in [6.45, 7) is 47.5. The van der Waals surface area contributed by atoms with Crippen LogP contribution in [-0.2, 0) is 32.5 Å². The van der Waals surface area contributed by atoms with E-state index in [4.69, 9.17) is 0 Å². The van der Waals surface area contributed by atoms with E-state index in [0.29, 0.717) is 0 Å². The molecule has 0 spiro atoms. The largest absolute Gasteiger partial charge is 0.311 e. The van der Waals surface area contributed by atoms with Gasteiger partial charge in [0.15, 0.2) is 0 Å². The maximum absolute atomic E-state index is 2.71. The topological polar surface area (TPSA) is 14.7 Å². The number of aryl methyl sites for hydroxylation is 4. The third-order valence-electron chi connectivity index (χ3n) is 20.2. The van der Waals surface area contributed by atoms with Crippen molar-refractivity contribution >= 4 is 96.1 Å². The first kappa shape index (κ1) is 58.3. The van der Waals surface area contributed by atoms with Crippen LogP contribution in [0.2, 0.25) is 0 Å². The molecule has 0 saturated carbocycles. The molecule has 0 saturated heterocycles. The Hall–Kier alpha value is -7.76. The van der Waals surface area contributed by atoms with E-state index in [2.05, 4.69) is 322 Å². The molecular weight excluding hydrogens is 1050 g/mol. The first-order valence-electron chi connectivity index (χ1n) is 32.2. The fraction of sp³-hybridized carbons (Fsp3) is 0.341. The van der Waals surface area contributed by atoms with Crippen LogP contribution in [0, 0.1) is 27.7 Å². The predicted octanol–water partition coefficient (Wildman–Crippen LogP) is 21.1. The molecule has 0 bridgehead atoms. The van der Waals surface area contributed by atoms with Gasteiger partial charge >= 0.3 is 0 Å². The Morgan fingerprint density at radius 2 is 0.805 bits per heavy atom. The summed E-state index contributed by atoms with van der Waals surface area (Å²) in [5.41, 5.74) is 31.6. The number of hydrogen-bond acceptors (Lipinski definition) is 3. The molecule has 87 heavy (non-hydrogen) atoms. The fourth-order valence-electron chi connectivity index (χ4n) is 15.1. The Balaban J connectivity index is 1.14. The molecule has 0 N–H and O–H groups in total. The number of anilines is 9. The zero-order valence-corrected chi connectivity index (χ0v) is 55.9. The number of fused-ring (bicyclic) bond motifs is 8. The summed E-state index contributed by atoms with van der Waals surface area (Å²) in [6.07, 6.45) is 2.30. The van der Waals surface area contributed by atoms with Gasteiger partial charge in [-0.15, -0.1) is 0 Å². The van der Waals surface area contributed by atoms with Crippen LogP contribution >= 0.6 is 0 Å². The van der Waals surface area contributed by atoms with Gasteiger partial charge in [0.1, 0.15) is 0 Å². The van der Waals surface area contributed by atoms with Crippen LogP contribution in [0.3, 0.4) is 0 Å². The molecule has 5 heteroatoms. The van der Waals surface area contributed by atoms with Crippen LogP contribution in [0.25, 0.3) is 27.5 Å². The highest BCUT2D eigenvalue weighted by molar-refractivity contribution is 7.00. The van der Waals surface area contributed by atoms with E-state index in [1.807, 2.05) is 0 Å². The summed E-state index contributed by atoms with van der Waals surface area (Å²) in [5, 5.41) is 2.49. The number of aromatic nitrogens is 1. The lowest BCUT2D eigenvalue weighted by molar-refractivity contribution is 0.332. The van der Waals surface area contributed by atoms with Gasteiger partial charge < -0.3 is 19.3 Å². The number of rotatable bonds is 6. The minimum absolute atomic E-state index is 0.00287. The second kappa shape index (κ2) is 19.9. The second-order valence-electron chi connectivity index (χ2n) is 31.7. The van der Waals surface area contributed by atoms with Gasteiger partial charge in [-0.3, -0.25) is 0 Å². The maximum Gasteiger partial charge on any atom is 0.252 e. The van der Waals surface area contributed by atoms with Gasteiger partial charge in [0.05, 0.1) is 22.4 Å². The maximum atomic E-state index is 2.71. The molecule has 0 fully saturated rings. The van der Waals surface area contributed by atoms with Crippen molar-refractivity contribution in [3.63, 3.8) is 0 Å². The highest BCUT2D eigenvalue weighted by Crippen LogP contribution is 2.53. The molecule has 442 valence electrons. The Morgan fingerprint density at radius 3 is 1.36 bits per heavy atom. The van der Waals surface area contributed by atoms with E-state index in [9.17, 15) is 0 Å². The van der Waals surface area contributed by atoms with Crippen molar-refractivity contribution in [2.45, 2.75) is 184 Å². The molecule has 0 unspecified atom stereocenters. The lowest BCUT2D eigenvalue weighted by Gasteiger charge is -2.47. The van der Waals surface area contributed by atoms with Crippen LogP contribution < -0.4 is 31.1 Å². The van der Waals surface area contributed by atoms with Gasteiger partial charge in [-0.25, -0.2) is 0 Å². The lowest BCUT2D eigenvalue weighted by atomic mass is 9.33. The Bertz CT molecular complexity index is 4400. The first-order chi connectivity index (χ1) is 40.8. The van der Waals surface area contributed by atoms with Crippen LogP contribution in [0.1, 0.15) is 179 Å². The van der Waals surface area contributed by atoms with E-state index in [-0.39, 0.29) is 39.2 Å². The van der Waals surface area contributed by atoms with Crippen LogP contribution in [0.4, 0.5) is 51.2 Å². The van der Waals surface area contributed by atoms with Crippen molar-refractivity contribution < 1.29 is 0 Å². The number of hydrogen-bond donors (Lipinski definition) is 0. The van der Waals surface area contributed by atoms with E-state index >= 15 is 0 Å². The van der Waals surface area contributed by atoms with Gasteiger partial charge in [-0.05, 0) is 218 Å². The van der Waals surface area contributed by atoms with Gasteiger partial charge in [0.2, 0.25) is 0 Å². The predicted molar refractivity (Wildman–Crippen MR) is 379 cm³/mol. The minimum atomic E-state index is -0.180. The summed E-state index contributed by atoms with van der Waals surface area (Å²) in [7, 11) is 0. The van der Waals surface area contributed by atoms with Crippen LogP contribution in [0.15, 0.2) is 164 Å². The van der Waals surface area contributed by atoms with Crippen LogP contribution in [0.5, 0.6) is 0 Å². The SMILES string of the molecule is Cc1cc(C(C)(C)C)cc(C)c1N1c2cc(N(c3ccc4c(c3)C(C)(C)CCC4(C)C)c3ccc4c5ccccc5n(-c5ccccc5)c4c3)ccc2B2c3ccc(C(C)(C)C)cc3N(c3c(C)cc(C(C)(C)C)cc3C)c3cc(C(C)(C)C)cc1c32. The van der Waals surface area contributed by atoms with Crippen LogP contribution in [-0.4, -0.2) is 11.3 Å².